The van der Waals surface area contributed by atoms with E-state index in [2.05, 4.69) is 29.6 Å². The first kappa shape index (κ1) is 19.1. The van der Waals surface area contributed by atoms with Gasteiger partial charge in [-0.3, -0.25) is 0 Å². The molecule has 5 N–H and O–H groups in total. The number of aliphatic hydroxyl groups excluding tert-OH is 4. The summed E-state index contributed by atoms with van der Waals surface area (Å²) in [5.41, 5.74) is 1.73. The van der Waals surface area contributed by atoms with Gasteiger partial charge in [0, 0.05) is 0 Å². The van der Waals surface area contributed by atoms with Crippen LogP contribution in [0.2, 0.25) is 0 Å². The van der Waals surface area contributed by atoms with Gasteiger partial charge in [-0.15, -0.1) is 0 Å². The van der Waals surface area contributed by atoms with E-state index >= 15 is 0 Å². The van der Waals surface area contributed by atoms with E-state index in [1.807, 2.05) is 6.07 Å². The van der Waals surface area contributed by atoms with Crippen molar-refractivity contribution in [2.75, 3.05) is 13.2 Å². The molecule has 0 radical (unpaired) electrons. The van der Waals surface area contributed by atoms with Gasteiger partial charge in [0.25, 0.3) is 0 Å². The molecule has 0 saturated heterocycles. The maximum Gasteiger partial charge on any atom is 0.111 e. The second-order valence-electron chi connectivity index (χ2n) is 6.46. The van der Waals surface area contributed by atoms with Crippen LogP contribution in [0.1, 0.15) is 31.2 Å². The van der Waals surface area contributed by atoms with Crippen molar-refractivity contribution in [3.63, 3.8) is 0 Å². The van der Waals surface area contributed by atoms with Crippen LogP contribution in [0.3, 0.4) is 0 Å². The van der Waals surface area contributed by atoms with Crippen LogP contribution >= 0.6 is 0 Å². The summed E-state index contributed by atoms with van der Waals surface area (Å²) in [7, 11) is 0. The fourth-order valence-electron chi connectivity index (χ4n) is 3.09. The summed E-state index contributed by atoms with van der Waals surface area (Å²) in [6, 6.07) is 10.0. The zero-order valence-electron chi connectivity index (χ0n) is 14.0. The predicted octanol–water partition coefficient (Wildman–Crippen LogP) is 0.763. The minimum absolute atomic E-state index is 0.317. The molecule has 2 rings (SSSR count). The largest absolute Gasteiger partial charge is 0.392 e. The Morgan fingerprint density at radius 1 is 0.875 bits per heavy atom. The summed E-state index contributed by atoms with van der Waals surface area (Å²) in [6.45, 7) is 0.410. The van der Waals surface area contributed by atoms with Crippen molar-refractivity contribution in [1.82, 2.24) is 5.32 Å². The lowest BCUT2D eigenvalue weighted by Crippen LogP contribution is -2.54. The molecule has 24 heavy (non-hydrogen) atoms. The van der Waals surface area contributed by atoms with Crippen LogP contribution < -0.4 is 5.32 Å². The minimum Gasteiger partial charge on any atom is -0.392 e. The maximum atomic E-state index is 9.99. The first-order valence-electron chi connectivity index (χ1n) is 8.76. The predicted molar refractivity (Wildman–Crippen MR) is 93.6 cm³/mol. The highest BCUT2D eigenvalue weighted by atomic mass is 16.4. The van der Waals surface area contributed by atoms with Gasteiger partial charge >= 0.3 is 0 Å². The van der Waals surface area contributed by atoms with Crippen LogP contribution in [0.25, 0.3) is 0 Å². The van der Waals surface area contributed by atoms with Crippen LogP contribution in [-0.2, 0) is 6.42 Å². The molecule has 0 amide bonds. The number of unbranched alkanes of at least 4 members (excludes halogenated alkanes) is 3. The van der Waals surface area contributed by atoms with Gasteiger partial charge in [-0.2, -0.15) is 0 Å². The molecule has 0 saturated carbocycles. The van der Waals surface area contributed by atoms with Crippen molar-refractivity contribution >= 4 is 0 Å². The van der Waals surface area contributed by atoms with Crippen LogP contribution in [0.15, 0.2) is 42.0 Å². The Bertz CT molecular complexity index is 505. The molecule has 1 aromatic rings. The monoisotopic (exact) mass is 335 g/mol. The van der Waals surface area contributed by atoms with E-state index in [4.69, 9.17) is 0 Å². The van der Waals surface area contributed by atoms with E-state index in [1.54, 1.807) is 6.08 Å². The number of hydrogen-bond donors (Lipinski definition) is 5. The summed E-state index contributed by atoms with van der Waals surface area (Å²) in [5, 5.41) is 41.9. The average molecular weight is 335 g/mol. The first-order chi connectivity index (χ1) is 11.6. The second kappa shape index (κ2) is 9.91. The normalized spacial score (nSPS) is 27.1. The molecule has 0 bridgehead atoms. The lowest BCUT2D eigenvalue weighted by molar-refractivity contribution is -0.0641. The van der Waals surface area contributed by atoms with Crippen molar-refractivity contribution in [3.8, 4) is 0 Å². The number of benzene rings is 1. The highest BCUT2D eigenvalue weighted by Crippen LogP contribution is 2.20. The fraction of sp³-hybridized carbons (Fsp3) is 0.579. The highest BCUT2D eigenvalue weighted by Gasteiger charge is 2.36. The van der Waals surface area contributed by atoms with Gasteiger partial charge in [0.2, 0.25) is 0 Å². The van der Waals surface area contributed by atoms with Gasteiger partial charge in [0.05, 0.1) is 12.6 Å². The molecule has 0 aromatic heterocycles. The maximum absolute atomic E-state index is 9.99. The van der Waals surface area contributed by atoms with Crippen LogP contribution in [-0.4, -0.2) is 57.9 Å². The summed E-state index contributed by atoms with van der Waals surface area (Å²) in [6.07, 6.45) is 3.61. The molecule has 0 aliphatic heterocycles. The van der Waals surface area contributed by atoms with Crippen LogP contribution in [0.4, 0.5) is 0 Å². The lowest BCUT2D eigenvalue weighted by Gasteiger charge is -2.34. The van der Waals surface area contributed by atoms with Crippen molar-refractivity contribution in [1.29, 1.82) is 0 Å². The average Bonchev–Trinajstić information content (AvgIpc) is 2.61. The molecule has 5 heteroatoms. The smallest absolute Gasteiger partial charge is 0.111 e. The lowest BCUT2D eigenvalue weighted by atomic mass is 9.88. The Morgan fingerprint density at radius 3 is 2.29 bits per heavy atom. The van der Waals surface area contributed by atoms with E-state index in [0.717, 1.165) is 38.6 Å². The number of hydrogen-bond acceptors (Lipinski definition) is 5. The Hall–Kier alpha value is -1.24. The molecular formula is C19H29NO4. The van der Waals surface area contributed by atoms with E-state index in [-0.39, 0.29) is 6.61 Å². The zero-order valence-corrected chi connectivity index (χ0v) is 14.0. The molecule has 0 fully saturated rings. The minimum atomic E-state index is -1.26. The highest BCUT2D eigenvalue weighted by molar-refractivity contribution is 5.21. The van der Waals surface area contributed by atoms with Gasteiger partial charge in [-0.25, -0.2) is 0 Å². The number of nitrogens with one attached hydrogen (secondary N) is 1. The number of aliphatic hydroxyl groups is 4. The molecule has 4 atom stereocenters. The third-order valence-electron chi connectivity index (χ3n) is 4.61. The topological polar surface area (TPSA) is 93.0 Å². The van der Waals surface area contributed by atoms with Gasteiger partial charge in [0.1, 0.15) is 18.3 Å². The molecule has 1 aromatic carbocycles. The van der Waals surface area contributed by atoms with Crippen molar-refractivity contribution in [3.05, 3.63) is 47.5 Å². The van der Waals surface area contributed by atoms with Crippen molar-refractivity contribution in [2.24, 2.45) is 0 Å². The van der Waals surface area contributed by atoms with Gasteiger partial charge in [0.15, 0.2) is 0 Å². The molecule has 0 heterocycles. The number of aryl methyl sites for hydroxylation is 1. The second-order valence-corrected chi connectivity index (χ2v) is 6.46. The number of rotatable bonds is 9. The van der Waals surface area contributed by atoms with E-state index in [9.17, 15) is 20.4 Å². The van der Waals surface area contributed by atoms with Gasteiger partial charge in [-0.1, -0.05) is 49.2 Å². The van der Waals surface area contributed by atoms with E-state index in [0.29, 0.717) is 5.57 Å². The Morgan fingerprint density at radius 2 is 1.58 bits per heavy atom. The van der Waals surface area contributed by atoms with Crippen LogP contribution in [0, 0.1) is 0 Å². The standard InChI is InChI=1S/C19H29NO4/c21-13-15-12-16(18(23)19(24)17(15)22)20-11-7-2-1-4-8-14-9-5-3-6-10-14/h3,5-6,9-10,12,16-24H,1-2,4,7-8,11,13H2/t16-,17+,18-,19?/m0/s1. The van der Waals surface area contributed by atoms with E-state index in [1.165, 1.54) is 5.56 Å². The SMILES string of the molecule is OCC1=C[C@H](NCCCCCCc2ccccc2)[C@H](O)C(O)[C@@H]1O. The Labute approximate surface area is 143 Å². The molecule has 5 nitrogen and oxygen atoms in total. The quantitative estimate of drug-likeness (QED) is 0.339. The van der Waals surface area contributed by atoms with E-state index < -0.39 is 24.4 Å². The molecule has 134 valence electrons. The molecule has 1 aliphatic carbocycles. The Kier molecular flexibility index (Phi) is 7.88. The zero-order chi connectivity index (χ0) is 17.4. The summed E-state index contributed by atoms with van der Waals surface area (Å²) < 4.78 is 0. The third kappa shape index (κ3) is 5.40. The molecular weight excluding hydrogens is 306 g/mol. The van der Waals surface area contributed by atoms with Crippen LogP contribution in [0.5, 0.6) is 0 Å². The van der Waals surface area contributed by atoms with Crippen molar-refractivity contribution < 1.29 is 20.4 Å². The van der Waals surface area contributed by atoms with Crippen molar-refractivity contribution in [2.45, 2.75) is 56.5 Å². The summed E-state index contributed by atoms with van der Waals surface area (Å²) >= 11 is 0. The molecule has 1 unspecified atom stereocenters. The van der Waals surface area contributed by atoms with Gasteiger partial charge < -0.3 is 25.7 Å². The fourth-order valence-corrected chi connectivity index (χ4v) is 3.09. The first-order valence-corrected chi connectivity index (χ1v) is 8.76. The molecule has 1 aliphatic rings. The molecule has 0 spiro atoms. The summed E-state index contributed by atoms with van der Waals surface area (Å²) in [4.78, 5) is 0. The third-order valence-corrected chi connectivity index (χ3v) is 4.61. The van der Waals surface area contributed by atoms with Gasteiger partial charge in [-0.05, 0) is 36.9 Å². The Balaban J connectivity index is 1.62. The summed E-state index contributed by atoms with van der Waals surface area (Å²) in [5.74, 6) is 0.